The van der Waals surface area contributed by atoms with Crippen molar-refractivity contribution in [2.24, 2.45) is 5.92 Å². The molecule has 1 aliphatic rings. The third-order valence-corrected chi connectivity index (χ3v) is 6.10. The highest BCUT2D eigenvalue weighted by Gasteiger charge is 2.25. The SMILES string of the molecule is C=C(O)/C(=C/C)C(=C)/C=C1\CC(=C)C(/C(C)=C/C=C\C)Cc2cc(COCC)c(C)cc21. The van der Waals surface area contributed by atoms with Crippen molar-refractivity contribution in [3.63, 3.8) is 0 Å². The van der Waals surface area contributed by atoms with Crippen molar-refractivity contribution < 1.29 is 9.84 Å². The van der Waals surface area contributed by atoms with E-state index in [1.165, 1.54) is 39.0 Å². The zero-order valence-electron chi connectivity index (χ0n) is 20.4. The van der Waals surface area contributed by atoms with E-state index in [0.717, 1.165) is 18.4 Å². The Morgan fingerprint density at radius 2 is 1.97 bits per heavy atom. The molecule has 0 aliphatic heterocycles. The highest BCUT2D eigenvalue weighted by Crippen LogP contribution is 2.40. The highest BCUT2D eigenvalue weighted by molar-refractivity contribution is 5.76. The van der Waals surface area contributed by atoms with Crippen molar-refractivity contribution in [1.82, 2.24) is 0 Å². The van der Waals surface area contributed by atoms with Crippen LogP contribution in [0, 0.1) is 12.8 Å². The first-order valence-corrected chi connectivity index (χ1v) is 11.3. The normalized spacial score (nSPS) is 18.7. The molecule has 1 aromatic carbocycles. The molecule has 1 aliphatic carbocycles. The van der Waals surface area contributed by atoms with E-state index in [-0.39, 0.29) is 11.7 Å². The first kappa shape index (κ1) is 25.4. The summed E-state index contributed by atoms with van der Waals surface area (Å²) < 4.78 is 5.72. The van der Waals surface area contributed by atoms with Crippen LogP contribution in [0.2, 0.25) is 0 Å². The van der Waals surface area contributed by atoms with E-state index in [1.54, 1.807) is 0 Å². The third-order valence-electron chi connectivity index (χ3n) is 6.10. The van der Waals surface area contributed by atoms with Gasteiger partial charge in [0.15, 0.2) is 0 Å². The monoisotopic (exact) mass is 430 g/mol. The van der Waals surface area contributed by atoms with E-state index >= 15 is 0 Å². The van der Waals surface area contributed by atoms with Gasteiger partial charge in [-0.15, -0.1) is 0 Å². The number of benzene rings is 1. The van der Waals surface area contributed by atoms with Gasteiger partial charge in [0.25, 0.3) is 0 Å². The smallest absolute Gasteiger partial charge is 0.115 e. The van der Waals surface area contributed by atoms with Crippen LogP contribution in [0.3, 0.4) is 0 Å². The van der Waals surface area contributed by atoms with Crippen molar-refractivity contribution in [3.05, 3.63) is 113 Å². The minimum Gasteiger partial charge on any atom is -0.508 e. The minimum absolute atomic E-state index is 0.0354. The Kier molecular flexibility index (Phi) is 9.28. The second-order valence-electron chi connectivity index (χ2n) is 8.45. The van der Waals surface area contributed by atoms with Crippen LogP contribution in [-0.4, -0.2) is 11.7 Å². The number of hydrogen-bond donors (Lipinski definition) is 1. The Bertz CT molecular complexity index is 1010. The topological polar surface area (TPSA) is 29.5 Å². The van der Waals surface area contributed by atoms with Gasteiger partial charge in [-0.2, -0.15) is 0 Å². The number of ether oxygens (including phenoxy) is 1. The summed E-state index contributed by atoms with van der Waals surface area (Å²) in [6, 6.07) is 4.57. The van der Waals surface area contributed by atoms with E-state index < -0.39 is 0 Å². The number of hydrogen-bond acceptors (Lipinski definition) is 2. The molecular formula is C30H38O2. The standard InChI is InChI=1S/C30H38O2/c1-9-12-13-20(4)29-18-26-17-27(19-32-11-3)21(5)16-30(26)25(15-23(29)7)14-22(6)28(10-2)24(8)31/h9-10,12-14,16-17,29,31H,6-8,11,15,18-19H2,1-5H3/b12-9-,20-13+,25-14+,28-10+. The van der Waals surface area contributed by atoms with Crippen molar-refractivity contribution in [2.75, 3.05) is 6.61 Å². The van der Waals surface area contributed by atoms with E-state index in [9.17, 15) is 5.11 Å². The summed E-state index contributed by atoms with van der Waals surface area (Å²) in [5, 5.41) is 9.98. The summed E-state index contributed by atoms with van der Waals surface area (Å²) in [5.41, 5.74) is 10.1. The lowest BCUT2D eigenvalue weighted by Crippen LogP contribution is -2.08. The molecule has 1 unspecified atom stereocenters. The fourth-order valence-electron chi connectivity index (χ4n) is 4.27. The summed E-state index contributed by atoms with van der Waals surface area (Å²) in [6.45, 7) is 24.0. The summed E-state index contributed by atoms with van der Waals surface area (Å²) >= 11 is 0. The van der Waals surface area contributed by atoms with Crippen molar-refractivity contribution in [1.29, 1.82) is 0 Å². The summed E-state index contributed by atoms with van der Waals surface area (Å²) in [6.07, 6.45) is 11.9. The molecule has 1 N–H and O–H groups in total. The van der Waals surface area contributed by atoms with Crippen LogP contribution in [-0.2, 0) is 17.8 Å². The fraction of sp³-hybridized carbons (Fsp3) is 0.333. The van der Waals surface area contributed by atoms with Crippen LogP contribution >= 0.6 is 0 Å². The maximum absolute atomic E-state index is 9.98. The maximum Gasteiger partial charge on any atom is 0.115 e. The van der Waals surface area contributed by atoms with Gasteiger partial charge in [0, 0.05) is 18.1 Å². The number of aliphatic hydroxyl groups excluding tert-OH is 1. The van der Waals surface area contributed by atoms with Gasteiger partial charge in [-0.25, -0.2) is 0 Å². The first-order valence-electron chi connectivity index (χ1n) is 11.3. The largest absolute Gasteiger partial charge is 0.508 e. The molecule has 2 rings (SSSR count). The molecule has 0 saturated carbocycles. The molecule has 1 aromatic rings. The molecule has 0 saturated heterocycles. The average molecular weight is 431 g/mol. The average Bonchev–Trinajstić information content (AvgIpc) is 2.87. The summed E-state index contributed by atoms with van der Waals surface area (Å²) in [5.74, 6) is 0.300. The predicted octanol–water partition coefficient (Wildman–Crippen LogP) is 8.13. The van der Waals surface area contributed by atoms with E-state index in [0.29, 0.717) is 18.8 Å². The van der Waals surface area contributed by atoms with Crippen LogP contribution < -0.4 is 0 Å². The third kappa shape index (κ3) is 6.11. The van der Waals surface area contributed by atoms with Gasteiger partial charge in [0.1, 0.15) is 5.76 Å². The Morgan fingerprint density at radius 1 is 1.25 bits per heavy atom. The Balaban J connectivity index is 2.65. The Labute approximate surface area is 194 Å². The second kappa shape index (κ2) is 11.7. The predicted molar refractivity (Wildman–Crippen MR) is 139 cm³/mol. The molecule has 170 valence electrons. The number of allylic oxidation sites excluding steroid dienone is 9. The molecule has 0 heterocycles. The molecule has 0 aromatic heterocycles. The molecule has 0 bridgehead atoms. The van der Waals surface area contributed by atoms with Gasteiger partial charge >= 0.3 is 0 Å². The quantitative estimate of drug-likeness (QED) is 0.195. The molecule has 0 fully saturated rings. The van der Waals surface area contributed by atoms with Gasteiger partial charge in [-0.1, -0.05) is 73.4 Å². The minimum atomic E-state index is 0.0354. The highest BCUT2D eigenvalue weighted by atomic mass is 16.5. The van der Waals surface area contributed by atoms with Crippen molar-refractivity contribution in [3.8, 4) is 0 Å². The number of aliphatic hydroxyl groups is 1. The van der Waals surface area contributed by atoms with E-state index in [4.69, 9.17) is 4.74 Å². The maximum atomic E-state index is 9.98. The summed E-state index contributed by atoms with van der Waals surface area (Å²) in [7, 11) is 0. The van der Waals surface area contributed by atoms with Crippen LogP contribution in [0.1, 0.15) is 56.4 Å². The summed E-state index contributed by atoms with van der Waals surface area (Å²) in [4.78, 5) is 0. The lowest BCUT2D eigenvalue weighted by Gasteiger charge is -2.19. The molecule has 32 heavy (non-hydrogen) atoms. The van der Waals surface area contributed by atoms with E-state index in [2.05, 4.69) is 70.0 Å². The lowest BCUT2D eigenvalue weighted by atomic mass is 9.86. The van der Waals surface area contributed by atoms with Gasteiger partial charge in [0.2, 0.25) is 0 Å². The van der Waals surface area contributed by atoms with E-state index in [1.807, 2.05) is 26.8 Å². The molecule has 0 amide bonds. The van der Waals surface area contributed by atoms with Crippen molar-refractivity contribution in [2.45, 2.75) is 54.1 Å². The van der Waals surface area contributed by atoms with Crippen LogP contribution in [0.25, 0.3) is 5.57 Å². The molecule has 2 nitrogen and oxygen atoms in total. The zero-order chi connectivity index (χ0) is 23.8. The fourth-order valence-corrected chi connectivity index (χ4v) is 4.27. The van der Waals surface area contributed by atoms with Crippen LogP contribution in [0.15, 0.2) is 90.3 Å². The Morgan fingerprint density at radius 3 is 2.56 bits per heavy atom. The number of fused-ring (bicyclic) bond motifs is 1. The van der Waals surface area contributed by atoms with Crippen LogP contribution in [0.4, 0.5) is 0 Å². The van der Waals surface area contributed by atoms with Gasteiger partial charge in [0.05, 0.1) is 6.61 Å². The van der Waals surface area contributed by atoms with Crippen molar-refractivity contribution >= 4 is 5.57 Å². The number of rotatable bonds is 8. The molecular weight excluding hydrogens is 392 g/mol. The second-order valence-corrected chi connectivity index (χ2v) is 8.45. The van der Waals surface area contributed by atoms with Crippen LogP contribution in [0.5, 0.6) is 0 Å². The Hall–Kier alpha value is -2.84. The molecule has 1 atom stereocenters. The lowest BCUT2D eigenvalue weighted by molar-refractivity contribution is 0.133. The molecule has 2 heteroatoms. The molecule has 0 spiro atoms. The van der Waals surface area contributed by atoms with Gasteiger partial charge < -0.3 is 9.84 Å². The zero-order valence-corrected chi connectivity index (χ0v) is 20.4. The van der Waals surface area contributed by atoms with Gasteiger partial charge in [-0.3, -0.25) is 0 Å². The first-order chi connectivity index (χ1) is 15.2. The molecule has 0 radical (unpaired) electrons. The van der Waals surface area contributed by atoms with Gasteiger partial charge in [-0.05, 0) is 80.9 Å². The number of aryl methyl sites for hydroxylation is 1.